The molecule has 2 heterocycles. The average Bonchev–Trinajstić information content (AvgIpc) is 3.03. The van der Waals surface area contributed by atoms with Gasteiger partial charge in [0.1, 0.15) is 5.76 Å². The van der Waals surface area contributed by atoms with Crippen LogP contribution < -0.4 is 5.32 Å². The number of rotatable bonds is 5. The maximum absolute atomic E-state index is 12.4. The maximum atomic E-state index is 12.4. The Morgan fingerprint density at radius 2 is 2.00 bits per heavy atom. The quantitative estimate of drug-likeness (QED) is 0.910. The first-order chi connectivity index (χ1) is 11.6. The molecule has 0 radical (unpaired) electrons. The number of aromatic nitrogens is 1. The first kappa shape index (κ1) is 16.7. The van der Waals surface area contributed by atoms with Gasteiger partial charge in [-0.1, -0.05) is 18.2 Å². The minimum absolute atomic E-state index is 0.196. The van der Waals surface area contributed by atoms with Crippen LogP contribution in [-0.4, -0.2) is 54.7 Å². The zero-order valence-electron chi connectivity index (χ0n) is 14.1. The van der Waals surface area contributed by atoms with Gasteiger partial charge in [0, 0.05) is 31.2 Å². The zero-order chi connectivity index (χ0) is 16.9. The number of nitrogens with zero attached hydrogens (tertiary/aromatic N) is 2. The lowest BCUT2D eigenvalue weighted by molar-refractivity contribution is 0.0204. The van der Waals surface area contributed by atoms with Crippen molar-refractivity contribution in [3.8, 4) is 11.5 Å². The molecular formula is C18H23N3O3. The lowest BCUT2D eigenvalue weighted by Crippen LogP contribution is -2.47. The van der Waals surface area contributed by atoms with Gasteiger partial charge in [0.25, 0.3) is 5.91 Å². The van der Waals surface area contributed by atoms with Crippen molar-refractivity contribution in [2.24, 2.45) is 0 Å². The van der Waals surface area contributed by atoms with Crippen LogP contribution in [-0.2, 0) is 4.74 Å². The number of hydrogen-bond acceptors (Lipinski definition) is 5. The molecule has 1 fully saturated rings. The SMILES string of the molecule is Cc1oc(-c2ccccc2)nc1C(=O)NCC(C)N1CCOCC1. The molecule has 6 nitrogen and oxygen atoms in total. The van der Waals surface area contributed by atoms with Crippen LogP contribution in [0.15, 0.2) is 34.7 Å². The van der Waals surface area contributed by atoms with Gasteiger partial charge in [0.15, 0.2) is 5.69 Å². The monoisotopic (exact) mass is 329 g/mol. The Kier molecular flexibility index (Phi) is 5.27. The van der Waals surface area contributed by atoms with E-state index in [4.69, 9.17) is 9.15 Å². The third-order valence-electron chi connectivity index (χ3n) is 4.26. The third kappa shape index (κ3) is 3.83. The van der Waals surface area contributed by atoms with E-state index in [0.29, 0.717) is 23.9 Å². The molecule has 6 heteroatoms. The second-order valence-electron chi connectivity index (χ2n) is 6.00. The fourth-order valence-electron chi connectivity index (χ4n) is 2.78. The number of benzene rings is 1. The van der Waals surface area contributed by atoms with Crippen LogP contribution in [0.1, 0.15) is 23.2 Å². The molecule has 0 bridgehead atoms. The molecule has 0 aliphatic carbocycles. The second-order valence-corrected chi connectivity index (χ2v) is 6.00. The number of ether oxygens (including phenoxy) is 1. The fourth-order valence-corrected chi connectivity index (χ4v) is 2.78. The van der Waals surface area contributed by atoms with Gasteiger partial charge in [0.2, 0.25) is 5.89 Å². The first-order valence-corrected chi connectivity index (χ1v) is 8.28. The van der Waals surface area contributed by atoms with Crippen LogP contribution >= 0.6 is 0 Å². The number of nitrogens with one attached hydrogen (secondary N) is 1. The number of hydrogen-bond donors (Lipinski definition) is 1. The van der Waals surface area contributed by atoms with E-state index < -0.39 is 0 Å². The van der Waals surface area contributed by atoms with Gasteiger partial charge in [-0.2, -0.15) is 0 Å². The highest BCUT2D eigenvalue weighted by Gasteiger charge is 2.21. The van der Waals surface area contributed by atoms with E-state index in [2.05, 4.69) is 22.1 Å². The minimum atomic E-state index is -0.196. The maximum Gasteiger partial charge on any atom is 0.273 e. The Morgan fingerprint density at radius 1 is 1.29 bits per heavy atom. The molecule has 1 unspecified atom stereocenters. The van der Waals surface area contributed by atoms with E-state index in [-0.39, 0.29) is 11.9 Å². The van der Waals surface area contributed by atoms with Crippen molar-refractivity contribution < 1.29 is 13.9 Å². The highest BCUT2D eigenvalue weighted by molar-refractivity contribution is 5.93. The number of morpholine rings is 1. The van der Waals surface area contributed by atoms with Crippen LogP contribution in [0.3, 0.4) is 0 Å². The number of carbonyl (C=O) groups is 1. The van der Waals surface area contributed by atoms with Crippen molar-refractivity contribution in [2.45, 2.75) is 19.9 Å². The summed E-state index contributed by atoms with van der Waals surface area (Å²) in [5.41, 5.74) is 1.21. The molecule has 1 aliphatic heterocycles. The Bertz CT molecular complexity index is 678. The molecule has 1 atom stereocenters. The number of oxazole rings is 1. The predicted molar refractivity (Wildman–Crippen MR) is 90.9 cm³/mol. The van der Waals surface area contributed by atoms with Gasteiger partial charge in [0.05, 0.1) is 13.2 Å². The van der Waals surface area contributed by atoms with Crippen LogP contribution in [0.5, 0.6) is 0 Å². The summed E-state index contributed by atoms with van der Waals surface area (Å²) in [6.45, 7) is 7.75. The van der Waals surface area contributed by atoms with E-state index in [1.165, 1.54) is 0 Å². The molecule has 1 aromatic carbocycles. The normalized spacial score (nSPS) is 16.8. The molecule has 128 valence electrons. The van der Waals surface area contributed by atoms with Crippen molar-refractivity contribution in [3.05, 3.63) is 41.8 Å². The molecule has 1 aliphatic rings. The third-order valence-corrected chi connectivity index (χ3v) is 4.26. The number of aryl methyl sites for hydroxylation is 1. The Labute approximate surface area is 141 Å². The van der Waals surface area contributed by atoms with Gasteiger partial charge in [-0.15, -0.1) is 0 Å². The van der Waals surface area contributed by atoms with Crippen LogP contribution in [0.25, 0.3) is 11.5 Å². The van der Waals surface area contributed by atoms with E-state index in [1.807, 2.05) is 30.3 Å². The van der Waals surface area contributed by atoms with Crippen molar-refractivity contribution in [2.75, 3.05) is 32.8 Å². The molecule has 24 heavy (non-hydrogen) atoms. The van der Waals surface area contributed by atoms with Gasteiger partial charge < -0.3 is 14.5 Å². The van der Waals surface area contributed by atoms with Gasteiger partial charge in [-0.25, -0.2) is 4.98 Å². The van der Waals surface area contributed by atoms with Crippen molar-refractivity contribution in [1.29, 1.82) is 0 Å². The summed E-state index contributed by atoms with van der Waals surface area (Å²) in [7, 11) is 0. The molecule has 0 spiro atoms. The summed E-state index contributed by atoms with van der Waals surface area (Å²) in [6.07, 6.45) is 0. The van der Waals surface area contributed by atoms with E-state index in [0.717, 1.165) is 31.9 Å². The first-order valence-electron chi connectivity index (χ1n) is 8.28. The van der Waals surface area contributed by atoms with Gasteiger partial charge in [-0.05, 0) is 26.0 Å². The predicted octanol–water partition coefficient (Wildman–Crippen LogP) is 2.10. The summed E-state index contributed by atoms with van der Waals surface area (Å²) in [5, 5.41) is 2.96. The van der Waals surface area contributed by atoms with E-state index >= 15 is 0 Å². The zero-order valence-corrected chi connectivity index (χ0v) is 14.1. The standard InChI is InChI=1S/C18H23N3O3/c1-13(21-8-10-23-11-9-21)12-19-17(22)16-14(2)24-18(20-16)15-6-4-3-5-7-15/h3-7,13H,8-12H2,1-2H3,(H,19,22). The van der Waals surface area contributed by atoms with Crippen molar-refractivity contribution in [1.82, 2.24) is 15.2 Å². The molecule has 0 saturated carbocycles. The molecule has 2 aromatic rings. The van der Waals surface area contributed by atoms with Gasteiger partial charge >= 0.3 is 0 Å². The molecule has 3 rings (SSSR count). The molecule has 1 amide bonds. The Balaban J connectivity index is 1.62. The lowest BCUT2D eigenvalue weighted by atomic mass is 10.2. The summed E-state index contributed by atoms with van der Waals surface area (Å²) in [6, 6.07) is 9.84. The smallest absolute Gasteiger partial charge is 0.273 e. The summed E-state index contributed by atoms with van der Waals surface area (Å²) < 4.78 is 11.0. The average molecular weight is 329 g/mol. The van der Waals surface area contributed by atoms with Crippen LogP contribution in [0.2, 0.25) is 0 Å². The molecule has 1 aromatic heterocycles. The highest BCUT2D eigenvalue weighted by atomic mass is 16.5. The number of carbonyl (C=O) groups excluding carboxylic acids is 1. The molecular weight excluding hydrogens is 306 g/mol. The fraction of sp³-hybridized carbons (Fsp3) is 0.444. The Hall–Kier alpha value is -2.18. The summed E-state index contributed by atoms with van der Waals surface area (Å²) in [5.74, 6) is 0.809. The Morgan fingerprint density at radius 3 is 2.71 bits per heavy atom. The highest BCUT2D eigenvalue weighted by Crippen LogP contribution is 2.21. The molecule has 1 saturated heterocycles. The topological polar surface area (TPSA) is 67.6 Å². The lowest BCUT2D eigenvalue weighted by Gasteiger charge is -2.32. The largest absolute Gasteiger partial charge is 0.441 e. The van der Waals surface area contributed by atoms with Crippen molar-refractivity contribution >= 4 is 5.91 Å². The van der Waals surface area contributed by atoms with Crippen molar-refractivity contribution in [3.63, 3.8) is 0 Å². The summed E-state index contributed by atoms with van der Waals surface area (Å²) in [4.78, 5) is 19.1. The molecule has 1 N–H and O–H groups in total. The van der Waals surface area contributed by atoms with Crippen LogP contribution in [0, 0.1) is 6.92 Å². The second kappa shape index (κ2) is 7.59. The minimum Gasteiger partial charge on any atom is -0.441 e. The summed E-state index contributed by atoms with van der Waals surface area (Å²) >= 11 is 0. The van der Waals surface area contributed by atoms with E-state index in [9.17, 15) is 4.79 Å². The number of amides is 1. The van der Waals surface area contributed by atoms with Gasteiger partial charge in [-0.3, -0.25) is 9.69 Å². The van der Waals surface area contributed by atoms with E-state index in [1.54, 1.807) is 6.92 Å². The van der Waals surface area contributed by atoms with Crippen LogP contribution in [0.4, 0.5) is 0 Å².